The molecule has 126 valence electrons. The van der Waals surface area contributed by atoms with Crippen LogP contribution >= 0.6 is 39.1 Å². The second-order valence-electron chi connectivity index (χ2n) is 5.69. The Kier molecular flexibility index (Phi) is 13.3. The van der Waals surface area contributed by atoms with E-state index in [9.17, 15) is 4.79 Å². The van der Waals surface area contributed by atoms with Gasteiger partial charge in [0.25, 0.3) is 0 Å². The monoisotopic (exact) mass is 402 g/mol. The Bertz CT molecular complexity index is 273. The fourth-order valence-electron chi connectivity index (χ4n) is 2.54. The first-order valence-electron chi connectivity index (χ1n) is 8.14. The van der Waals surface area contributed by atoms with Crippen molar-refractivity contribution in [1.29, 1.82) is 0 Å². The predicted octanol–water partition coefficient (Wildman–Crippen LogP) is 6.57. The van der Waals surface area contributed by atoms with Gasteiger partial charge in [0.1, 0.15) is 0 Å². The van der Waals surface area contributed by atoms with E-state index in [1.165, 1.54) is 44.9 Å². The van der Waals surface area contributed by atoms with E-state index in [-0.39, 0.29) is 5.92 Å². The van der Waals surface area contributed by atoms with Crippen molar-refractivity contribution < 1.29 is 9.90 Å². The van der Waals surface area contributed by atoms with Crippen molar-refractivity contribution in [2.75, 3.05) is 5.33 Å². The Labute approximate surface area is 148 Å². The molecule has 0 saturated heterocycles. The average molecular weight is 404 g/mol. The number of hydrogen-bond donors (Lipinski definition) is 1. The molecule has 0 aromatic rings. The van der Waals surface area contributed by atoms with Crippen LogP contribution in [0, 0.1) is 5.92 Å². The highest BCUT2D eigenvalue weighted by molar-refractivity contribution is 9.09. The van der Waals surface area contributed by atoms with E-state index in [0.717, 1.165) is 24.6 Å². The van der Waals surface area contributed by atoms with Crippen LogP contribution in [0.5, 0.6) is 0 Å². The molecule has 0 bridgehead atoms. The molecule has 0 fully saturated rings. The van der Waals surface area contributed by atoms with Crippen LogP contribution in [0.1, 0.15) is 77.6 Å². The third-order valence-electron chi connectivity index (χ3n) is 3.98. The highest BCUT2D eigenvalue weighted by Crippen LogP contribution is 2.36. The largest absolute Gasteiger partial charge is 0.479 e. The topological polar surface area (TPSA) is 37.3 Å². The van der Waals surface area contributed by atoms with E-state index in [1.807, 2.05) is 6.92 Å². The zero-order chi connectivity index (χ0) is 16.1. The van der Waals surface area contributed by atoms with E-state index < -0.39 is 10.3 Å². The number of carboxylic acid groups (broad SMARTS) is 1. The molecular weight excluding hydrogens is 375 g/mol. The SMILES string of the molecule is CCC(CCCCCCCCCCCBr)C(Cl)(Cl)C(=O)O. The van der Waals surface area contributed by atoms with Gasteiger partial charge in [-0.15, -0.1) is 0 Å². The normalized spacial score (nSPS) is 13.3. The lowest BCUT2D eigenvalue weighted by atomic mass is 9.94. The maximum absolute atomic E-state index is 11.0. The number of hydrogen-bond acceptors (Lipinski definition) is 1. The Balaban J connectivity index is 3.59. The first kappa shape index (κ1) is 21.5. The Morgan fingerprint density at radius 1 is 1.00 bits per heavy atom. The summed E-state index contributed by atoms with van der Waals surface area (Å²) < 4.78 is -1.63. The zero-order valence-corrected chi connectivity index (χ0v) is 16.1. The van der Waals surface area contributed by atoms with Gasteiger partial charge in [-0.2, -0.15) is 0 Å². The van der Waals surface area contributed by atoms with Crippen LogP contribution < -0.4 is 0 Å². The third-order valence-corrected chi connectivity index (χ3v) is 5.48. The fourth-order valence-corrected chi connectivity index (χ4v) is 3.46. The zero-order valence-electron chi connectivity index (χ0n) is 13.1. The van der Waals surface area contributed by atoms with E-state index in [2.05, 4.69) is 15.9 Å². The molecule has 0 rings (SSSR count). The van der Waals surface area contributed by atoms with Crippen molar-refractivity contribution >= 4 is 45.1 Å². The van der Waals surface area contributed by atoms with Crippen molar-refractivity contribution in [1.82, 2.24) is 0 Å². The molecular formula is C16H29BrCl2O2. The lowest BCUT2D eigenvalue weighted by Gasteiger charge is -2.25. The van der Waals surface area contributed by atoms with Gasteiger partial charge in [-0.05, 0) is 19.3 Å². The third kappa shape index (κ3) is 10.0. The summed E-state index contributed by atoms with van der Waals surface area (Å²) in [5.74, 6) is -1.29. The summed E-state index contributed by atoms with van der Waals surface area (Å²) >= 11 is 15.3. The smallest absolute Gasteiger partial charge is 0.340 e. The summed E-state index contributed by atoms with van der Waals surface area (Å²) in [4.78, 5) is 11.0. The standard InChI is InChI=1S/C16H29BrCl2O2/c1-2-14(16(18,19)15(20)21)12-10-8-6-4-3-5-7-9-11-13-17/h14H,2-13H2,1H3,(H,20,21). The maximum Gasteiger partial charge on any atom is 0.340 e. The molecule has 0 saturated carbocycles. The van der Waals surface area contributed by atoms with Crippen molar-refractivity contribution in [3.05, 3.63) is 0 Å². The molecule has 0 spiro atoms. The minimum Gasteiger partial charge on any atom is -0.479 e. The first-order chi connectivity index (χ1) is 9.96. The number of rotatable bonds is 14. The first-order valence-corrected chi connectivity index (χ1v) is 10.0. The van der Waals surface area contributed by atoms with Crippen LogP contribution in [0.25, 0.3) is 0 Å². The van der Waals surface area contributed by atoms with Crippen LogP contribution in [0.15, 0.2) is 0 Å². The van der Waals surface area contributed by atoms with E-state index >= 15 is 0 Å². The Morgan fingerprint density at radius 3 is 1.81 bits per heavy atom. The van der Waals surface area contributed by atoms with Gasteiger partial charge in [-0.1, -0.05) is 97.4 Å². The predicted molar refractivity (Wildman–Crippen MR) is 95.8 cm³/mol. The molecule has 0 aliphatic heterocycles. The lowest BCUT2D eigenvalue weighted by Crippen LogP contribution is -2.34. The summed E-state index contributed by atoms with van der Waals surface area (Å²) in [5, 5.41) is 10.2. The molecule has 1 N–H and O–H groups in total. The van der Waals surface area contributed by atoms with Crippen LogP contribution in [0.2, 0.25) is 0 Å². The molecule has 21 heavy (non-hydrogen) atoms. The quantitative estimate of drug-likeness (QED) is 0.263. The van der Waals surface area contributed by atoms with Crippen LogP contribution in [0.3, 0.4) is 0 Å². The summed E-state index contributed by atoms with van der Waals surface area (Å²) in [6.07, 6.45) is 12.7. The molecule has 0 aliphatic carbocycles. The van der Waals surface area contributed by atoms with E-state index in [0.29, 0.717) is 6.42 Å². The highest BCUT2D eigenvalue weighted by Gasteiger charge is 2.40. The molecule has 5 heteroatoms. The maximum atomic E-state index is 11.0. The van der Waals surface area contributed by atoms with Gasteiger partial charge in [0.05, 0.1) is 0 Å². The van der Waals surface area contributed by atoms with Crippen molar-refractivity contribution in [3.63, 3.8) is 0 Å². The van der Waals surface area contributed by atoms with Crippen LogP contribution in [0.4, 0.5) is 0 Å². The molecule has 0 aliphatic rings. The van der Waals surface area contributed by atoms with Crippen molar-refractivity contribution in [3.8, 4) is 0 Å². The van der Waals surface area contributed by atoms with E-state index in [4.69, 9.17) is 28.3 Å². The summed E-state index contributed by atoms with van der Waals surface area (Å²) in [7, 11) is 0. The average Bonchev–Trinajstić information content (AvgIpc) is 2.44. The molecule has 1 unspecified atom stereocenters. The van der Waals surface area contributed by atoms with Gasteiger partial charge in [0.2, 0.25) is 4.33 Å². The van der Waals surface area contributed by atoms with Crippen LogP contribution in [-0.2, 0) is 4.79 Å². The van der Waals surface area contributed by atoms with Gasteiger partial charge in [-0.3, -0.25) is 0 Å². The number of alkyl halides is 3. The summed E-state index contributed by atoms with van der Waals surface area (Å²) in [6.45, 7) is 1.94. The van der Waals surface area contributed by atoms with E-state index in [1.54, 1.807) is 0 Å². The summed E-state index contributed by atoms with van der Waals surface area (Å²) in [6, 6.07) is 0. The Morgan fingerprint density at radius 2 is 1.43 bits per heavy atom. The minimum absolute atomic E-state index is 0.164. The lowest BCUT2D eigenvalue weighted by molar-refractivity contribution is -0.139. The number of halogens is 3. The molecule has 2 nitrogen and oxygen atoms in total. The van der Waals surface area contributed by atoms with Crippen molar-refractivity contribution in [2.45, 2.75) is 81.9 Å². The second kappa shape index (κ2) is 13.0. The number of unbranched alkanes of at least 4 members (excludes halogenated alkanes) is 8. The van der Waals surface area contributed by atoms with Gasteiger partial charge in [0.15, 0.2) is 0 Å². The van der Waals surface area contributed by atoms with Gasteiger partial charge >= 0.3 is 5.97 Å². The van der Waals surface area contributed by atoms with Crippen LogP contribution in [-0.4, -0.2) is 20.7 Å². The minimum atomic E-state index is -1.63. The molecule has 0 amide bonds. The summed E-state index contributed by atoms with van der Waals surface area (Å²) in [5.41, 5.74) is 0. The van der Waals surface area contributed by atoms with Gasteiger partial charge in [0, 0.05) is 11.2 Å². The molecule has 1 atom stereocenters. The molecule has 0 radical (unpaired) electrons. The molecule has 0 heterocycles. The second-order valence-corrected chi connectivity index (χ2v) is 7.87. The number of carbonyl (C=O) groups is 1. The molecule has 0 aromatic heterocycles. The number of aliphatic carboxylic acids is 1. The van der Waals surface area contributed by atoms with Gasteiger partial charge < -0.3 is 5.11 Å². The molecule has 0 aromatic carbocycles. The van der Waals surface area contributed by atoms with Gasteiger partial charge in [-0.25, -0.2) is 4.79 Å². The number of carboxylic acids is 1. The fraction of sp³-hybridized carbons (Fsp3) is 0.938. The highest BCUT2D eigenvalue weighted by atomic mass is 79.9. The van der Waals surface area contributed by atoms with Crippen molar-refractivity contribution in [2.24, 2.45) is 5.92 Å². The Hall–Kier alpha value is 0.530.